The molecule has 0 saturated carbocycles. The second-order valence-electron chi connectivity index (χ2n) is 2.36. The minimum absolute atomic E-state index is 0.0833. The zero-order valence-electron chi connectivity index (χ0n) is 6.07. The van der Waals surface area contributed by atoms with Crippen molar-refractivity contribution in [3.63, 3.8) is 0 Å². The highest BCUT2D eigenvalue weighted by molar-refractivity contribution is 7.95. The van der Waals surface area contributed by atoms with E-state index in [9.17, 15) is 13.2 Å². The maximum absolute atomic E-state index is 10.9. The molecular weight excluding hydrogens is 164 g/mol. The molecule has 0 amide bonds. The summed E-state index contributed by atoms with van der Waals surface area (Å²) in [5, 5.41) is 0. The number of carbonyl (C=O) groups is 1. The predicted molar refractivity (Wildman–Crippen MR) is 41.7 cm³/mol. The minimum atomic E-state index is -3.31. The van der Waals surface area contributed by atoms with Gasteiger partial charge in [0.15, 0.2) is 15.6 Å². The quantitative estimate of drug-likeness (QED) is 0.576. The molecule has 0 fully saturated rings. The Morgan fingerprint density at radius 2 is 2.09 bits per heavy atom. The molecule has 0 atom stereocenters. The first-order chi connectivity index (χ1) is 5.02. The summed E-state index contributed by atoms with van der Waals surface area (Å²) in [6, 6.07) is 0. The number of hydrogen-bond acceptors (Lipinski definition) is 3. The van der Waals surface area contributed by atoms with Crippen molar-refractivity contribution < 1.29 is 13.2 Å². The van der Waals surface area contributed by atoms with E-state index in [1.807, 2.05) is 0 Å². The molecule has 11 heavy (non-hydrogen) atoms. The van der Waals surface area contributed by atoms with Crippen LogP contribution in [0.3, 0.4) is 0 Å². The molecular formula is C7H8O3S. The van der Waals surface area contributed by atoms with E-state index in [1.54, 1.807) is 12.2 Å². The maximum atomic E-state index is 10.9. The van der Waals surface area contributed by atoms with Crippen molar-refractivity contribution in [1.29, 1.82) is 0 Å². The fraction of sp³-hybridized carbons (Fsp3) is 0.286. The van der Waals surface area contributed by atoms with Crippen LogP contribution in [0.4, 0.5) is 0 Å². The van der Waals surface area contributed by atoms with Gasteiger partial charge in [0.1, 0.15) is 4.91 Å². The number of carbonyl (C=O) groups excluding carboxylic acids is 1. The van der Waals surface area contributed by atoms with Crippen molar-refractivity contribution >= 4 is 15.6 Å². The summed E-state index contributed by atoms with van der Waals surface area (Å²) >= 11 is 0. The molecule has 0 N–H and O–H groups in total. The molecule has 3 nitrogen and oxygen atoms in total. The molecule has 1 aliphatic carbocycles. The Morgan fingerprint density at radius 3 is 2.45 bits per heavy atom. The zero-order valence-corrected chi connectivity index (χ0v) is 6.89. The number of Topliss-reactive ketones (excluding diaryl/α,β-unsaturated/α-hetero) is 1. The summed E-state index contributed by atoms with van der Waals surface area (Å²) in [6.07, 6.45) is 5.78. The Balaban J connectivity index is 3.14. The molecule has 1 rings (SSSR count). The van der Waals surface area contributed by atoms with Gasteiger partial charge >= 0.3 is 0 Å². The molecule has 1 aliphatic rings. The average Bonchev–Trinajstić information content (AvgIpc) is 1.86. The van der Waals surface area contributed by atoms with Crippen LogP contribution in [-0.4, -0.2) is 20.5 Å². The number of rotatable bonds is 1. The van der Waals surface area contributed by atoms with Gasteiger partial charge in [-0.05, 0) is 6.08 Å². The van der Waals surface area contributed by atoms with Crippen LogP contribution >= 0.6 is 0 Å². The molecule has 0 aromatic rings. The average molecular weight is 172 g/mol. The van der Waals surface area contributed by atoms with Crippen LogP contribution in [0.25, 0.3) is 0 Å². The first kappa shape index (κ1) is 8.20. The first-order valence-corrected chi connectivity index (χ1v) is 5.01. The van der Waals surface area contributed by atoms with Gasteiger partial charge in [-0.25, -0.2) is 8.42 Å². The molecule has 0 saturated heterocycles. The minimum Gasteiger partial charge on any atom is -0.293 e. The van der Waals surface area contributed by atoms with Gasteiger partial charge in [-0.1, -0.05) is 12.2 Å². The van der Waals surface area contributed by atoms with Crippen LogP contribution in [-0.2, 0) is 14.6 Å². The number of sulfone groups is 1. The van der Waals surface area contributed by atoms with Crippen molar-refractivity contribution in [2.45, 2.75) is 6.42 Å². The third-order valence-electron chi connectivity index (χ3n) is 1.36. The van der Waals surface area contributed by atoms with Crippen LogP contribution in [0, 0.1) is 0 Å². The lowest BCUT2D eigenvalue weighted by Crippen LogP contribution is -2.12. The van der Waals surface area contributed by atoms with Crippen LogP contribution in [0.2, 0.25) is 0 Å². The van der Waals surface area contributed by atoms with E-state index in [0.29, 0.717) is 0 Å². The summed E-state index contributed by atoms with van der Waals surface area (Å²) in [5.41, 5.74) is 0. The highest BCUT2D eigenvalue weighted by Crippen LogP contribution is 2.12. The molecule has 0 aromatic carbocycles. The van der Waals surface area contributed by atoms with Crippen molar-refractivity contribution in [3.8, 4) is 0 Å². The van der Waals surface area contributed by atoms with Gasteiger partial charge in [-0.3, -0.25) is 4.79 Å². The molecule has 0 unspecified atom stereocenters. The van der Waals surface area contributed by atoms with E-state index in [2.05, 4.69) is 0 Å². The third-order valence-corrected chi connectivity index (χ3v) is 2.52. The van der Waals surface area contributed by atoms with Gasteiger partial charge in [-0.2, -0.15) is 0 Å². The summed E-state index contributed by atoms with van der Waals surface area (Å²) in [7, 11) is -3.31. The Morgan fingerprint density at radius 1 is 1.45 bits per heavy atom. The summed E-state index contributed by atoms with van der Waals surface area (Å²) in [4.78, 5) is 10.9. The lowest BCUT2D eigenvalue weighted by molar-refractivity contribution is -0.114. The van der Waals surface area contributed by atoms with Gasteiger partial charge < -0.3 is 0 Å². The van der Waals surface area contributed by atoms with E-state index >= 15 is 0 Å². The second-order valence-corrected chi connectivity index (χ2v) is 4.34. The van der Waals surface area contributed by atoms with Crippen LogP contribution in [0.1, 0.15) is 6.42 Å². The summed E-state index contributed by atoms with van der Waals surface area (Å²) < 4.78 is 21.7. The lowest BCUT2D eigenvalue weighted by atomic mass is 10.2. The highest BCUT2D eigenvalue weighted by atomic mass is 32.2. The van der Waals surface area contributed by atoms with Gasteiger partial charge in [0.2, 0.25) is 0 Å². The zero-order chi connectivity index (χ0) is 8.48. The summed E-state index contributed by atoms with van der Waals surface area (Å²) in [6.45, 7) is 0. The Bertz CT molecular complexity index is 333. The molecule has 0 radical (unpaired) electrons. The smallest absolute Gasteiger partial charge is 0.179 e. The fourth-order valence-corrected chi connectivity index (χ4v) is 1.68. The van der Waals surface area contributed by atoms with Crippen molar-refractivity contribution in [2.24, 2.45) is 0 Å². The Hall–Kier alpha value is -0.900. The van der Waals surface area contributed by atoms with Gasteiger partial charge in [0.05, 0.1) is 0 Å². The largest absolute Gasteiger partial charge is 0.293 e. The predicted octanol–water partition coefficient (Wildman–Crippen LogP) is 0.444. The second kappa shape index (κ2) is 2.62. The molecule has 4 heteroatoms. The maximum Gasteiger partial charge on any atom is 0.179 e. The van der Waals surface area contributed by atoms with Crippen LogP contribution in [0.5, 0.6) is 0 Å². The molecule has 60 valence electrons. The SMILES string of the molecule is CS(=O)(=O)C1=CC=CCC1=O. The van der Waals surface area contributed by atoms with Crippen LogP contribution < -0.4 is 0 Å². The molecule has 0 spiro atoms. The van der Waals surface area contributed by atoms with Crippen LogP contribution in [0.15, 0.2) is 23.1 Å². The first-order valence-electron chi connectivity index (χ1n) is 3.12. The van der Waals surface area contributed by atoms with Gasteiger partial charge in [-0.15, -0.1) is 0 Å². The van der Waals surface area contributed by atoms with Crippen molar-refractivity contribution in [3.05, 3.63) is 23.1 Å². The molecule has 0 aromatic heterocycles. The van der Waals surface area contributed by atoms with Gasteiger partial charge in [0, 0.05) is 12.7 Å². The number of ketones is 1. The number of hydrogen-bond donors (Lipinski definition) is 0. The van der Waals surface area contributed by atoms with Gasteiger partial charge in [0.25, 0.3) is 0 Å². The standard InChI is InChI=1S/C7H8O3S/c1-11(9,10)7-5-3-2-4-6(7)8/h2-3,5H,4H2,1H3. The molecule has 0 heterocycles. The highest BCUT2D eigenvalue weighted by Gasteiger charge is 2.19. The lowest BCUT2D eigenvalue weighted by Gasteiger charge is -2.03. The van der Waals surface area contributed by atoms with E-state index in [4.69, 9.17) is 0 Å². The summed E-state index contributed by atoms with van der Waals surface area (Å²) in [5.74, 6) is -0.324. The monoisotopic (exact) mass is 172 g/mol. The normalized spacial score (nSPS) is 18.3. The Labute approximate surface area is 65.3 Å². The topological polar surface area (TPSA) is 51.2 Å². The molecule has 0 aliphatic heterocycles. The van der Waals surface area contributed by atoms with E-state index in [0.717, 1.165) is 6.26 Å². The number of allylic oxidation sites excluding steroid dienone is 4. The van der Waals surface area contributed by atoms with E-state index < -0.39 is 9.84 Å². The van der Waals surface area contributed by atoms with E-state index in [-0.39, 0.29) is 17.1 Å². The van der Waals surface area contributed by atoms with E-state index in [1.165, 1.54) is 6.08 Å². The fourth-order valence-electron chi connectivity index (χ4n) is 0.854. The third kappa shape index (κ3) is 1.77. The van der Waals surface area contributed by atoms with Crippen molar-refractivity contribution in [2.75, 3.05) is 6.26 Å². The van der Waals surface area contributed by atoms with Crippen molar-refractivity contribution in [1.82, 2.24) is 0 Å². The Kier molecular flexibility index (Phi) is 1.95. The molecule has 0 bridgehead atoms.